The molecule has 186 valence electrons. The number of hydrazine groups is 2. The quantitative estimate of drug-likeness (QED) is 0.311. The fraction of sp³-hybridized carbons (Fsp3) is 1.00. The fourth-order valence-electron chi connectivity index (χ4n) is 2.70. The first kappa shape index (κ1) is 28.7. The van der Waals surface area contributed by atoms with Crippen molar-refractivity contribution in [2.75, 3.05) is 79.2 Å². The van der Waals surface area contributed by atoms with Gasteiger partial charge in [0.2, 0.25) is 0 Å². The molecule has 0 amide bonds. The molecule has 0 radical (unpaired) electrons. The topological polar surface area (TPSA) is 73.5 Å². The van der Waals surface area contributed by atoms with Crippen molar-refractivity contribution in [1.29, 1.82) is 0 Å². The average molecular weight is 448 g/mol. The molecule has 1 atom stereocenters. The van der Waals surface area contributed by atoms with Gasteiger partial charge in [-0.25, -0.2) is 10.4 Å². The maximum Gasteiger partial charge on any atom is 0.0701 e. The summed E-state index contributed by atoms with van der Waals surface area (Å²) in [5, 5.41) is 2.11. The van der Waals surface area contributed by atoms with Gasteiger partial charge in [-0.2, -0.15) is 5.53 Å². The van der Waals surface area contributed by atoms with Crippen molar-refractivity contribution >= 4 is 0 Å². The Labute approximate surface area is 190 Å². The third kappa shape index (κ3) is 18.9. The molecule has 0 bridgehead atoms. The van der Waals surface area contributed by atoms with Crippen molar-refractivity contribution in [1.82, 2.24) is 16.0 Å². The monoisotopic (exact) mass is 447 g/mol. The van der Waals surface area contributed by atoms with Crippen molar-refractivity contribution in [2.24, 2.45) is 10.8 Å². The predicted molar refractivity (Wildman–Crippen MR) is 124 cm³/mol. The van der Waals surface area contributed by atoms with Crippen LogP contribution in [0.3, 0.4) is 0 Å². The highest BCUT2D eigenvalue weighted by Crippen LogP contribution is 2.18. The molecule has 2 N–H and O–H groups in total. The minimum absolute atomic E-state index is 0.274. The third-order valence-electron chi connectivity index (χ3n) is 4.80. The first-order valence-corrected chi connectivity index (χ1v) is 11.8. The summed E-state index contributed by atoms with van der Waals surface area (Å²) in [6, 6.07) is 0.274. The van der Waals surface area contributed by atoms with Crippen molar-refractivity contribution in [2.45, 2.75) is 60.4 Å². The minimum Gasteiger partial charge on any atom is -0.379 e. The Morgan fingerprint density at radius 1 is 0.645 bits per heavy atom. The smallest absolute Gasteiger partial charge is 0.0701 e. The lowest BCUT2D eigenvalue weighted by Crippen LogP contribution is -2.39. The van der Waals surface area contributed by atoms with E-state index in [9.17, 15) is 0 Å². The standard InChI is InChI=1S/C23H49N3O5/c1-22(2,3)7-10-27-13-15-30-16-14-29-12-9-26-19-21(24-25-26)20-31-18-17-28-11-8-23(4,5)6/h21,24-25H,7-20H2,1-6H3. The van der Waals surface area contributed by atoms with E-state index in [1.165, 1.54) is 0 Å². The number of ether oxygens (including phenoxy) is 5. The van der Waals surface area contributed by atoms with Gasteiger partial charge in [-0.3, -0.25) is 0 Å². The molecule has 1 aliphatic rings. The number of nitrogens with one attached hydrogen (secondary N) is 2. The van der Waals surface area contributed by atoms with Gasteiger partial charge in [-0.1, -0.05) is 41.5 Å². The molecule has 0 saturated carbocycles. The van der Waals surface area contributed by atoms with Crippen LogP contribution in [0, 0.1) is 10.8 Å². The number of nitrogens with zero attached hydrogens (tertiary/aromatic N) is 1. The average Bonchev–Trinajstić information content (AvgIpc) is 3.11. The normalized spacial score (nSPS) is 18.2. The highest BCUT2D eigenvalue weighted by atomic mass is 16.5. The van der Waals surface area contributed by atoms with Gasteiger partial charge in [0.25, 0.3) is 0 Å². The molecule has 1 heterocycles. The van der Waals surface area contributed by atoms with Gasteiger partial charge in [-0.05, 0) is 23.7 Å². The second-order valence-corrected chi connectivity index (χ2v) is 10.5. The van der Waals surface area contributed by atoms with E-state index in [4.69, 9.17) is 23.7 Å². The van der Waals surface area contributed by atoms with E-state index in [1.807, 2.05) is 0 Å². The zero-order valence-electron chi connectivity index (χ0n) is 21.0. The second-order valence-electron chi connectivity index (χ2n) is 10.5. The fourth-order valence-corrected chi connectivity index (χ4v) is 2.70. The molecule has 31 heavy (non-hydrogen) atoms. The summed E-state index contributed by atoms with van der Waals surface area (Å²) in [6.45, 7) is 21.7. The number of hydrogen-bond donors (Lipinski definition) is 2. The van der Waals surface area contributed by atoms with Gasteiger partial charge < -0.3 is 23.7 Å². The molecule has 1 aliphatic heterocycles. The van der Waals surface area contributed by atoms with E-state index in [-0.39, 0.29) is 6.04 Å². The Morgan fingerprint density at radius 2 is 1.10 bits per heavy atom. The maximum atomic E-state index is 5.71. The molecule has 0 spiro atoms. The third-order valence-corrected chi connectivity index (χ3v) is 4.80. The highest BCUT2D eigenvalue weighted by Gasteiger charge is 2.21. The molecular weight excluding hydrogens is 398 g/mol. The van der Waals surface area contributed by atoms with Crippen molar-refractivity contribution in [3.8, 4) is 0 Å². The molecule has 1 fully saturated rings. The van der Waals surface area contributed by atoms with E-state index in [0.717, 1.165) is 39.1 Å². The Morgan fingerprint density at radius 3 is 1.61 bits per heavy atom. The van der Waals surface area contributed by atoms with Gasteiger partial charge in [-0.15, -0.1) is 0 Å². The Balaban J connectivity index is 1.83. The second kappa shape index (κ2) is 16.3. The molecule has 8 heteroatoms. The number of hydrogen-bond acceptors (Lipinski definition) is 8. The Hall–Kier alpha value is -0.320. The van der Waals surface area contributed by atoms with Crippen LogP contribution in [0.1, 0.15) is 54.4 Å². The molecule has 1 rings (SSSR count). The van der Waals surface area contributed by atoms with E-state index in [1.54, 1.807) is 0 Å². The van der Waals surface area contributed by atoms with Crippen molar-refractivity contribution in [3.05, 3.63) is 0 Å². The van der Waals surface area contributed by atoms with Crippen molar-refractivity contribution in [3.63, 3.8) is 0 Å². The van der Waals surface area contributed by atoms with Crippen LogP contribution in [0.5, 0.6) is 0 Å². The summed E-state index contributed by atoms with van der Waals surface area (Å²) >= 11 is 0. The van der Waals surface area contributed by atoms with Gasteiger partial charge in [0.05, 0.1) is 58.9 Å². The van der Waals surface area contributed by atoms with Crippen LogP contribution in [0.15, 0.2) is 0 Å². The van der Waals surface area contributed by atoms with E-state index in [2.05, 4.69) is 57.5 Å². The maximum absolute atomic E-state index is 5.71. The molecule has 0 aromatic rings. The zero-order valence-corrected chi connectivity index (χ0v) is 21.0. The Kier molecular flexibility index (Phi) is 15.1. The Bertz CT molecular complexity index is 426. The summed E-state index contributed by atoms with van der Waals surface area (Å²) in [5.41, 5.74) is 7.05. The van der Waals surface area contributed by atoms with Gasteiger partial charge in [0.1, 0.15) is 0 Å². The molecule has 0 aliphatic carbocycles. The number of rotatable bonds is 18. The van der Waals surface area contributed by atoms with E-state index in [0.29, 0.717) is 63.7 Å². The summed E-state index contributed by atoms with van der Waals surface area (Å²) in [7, 11) is 0. The molecule has 0 aromatic heterocycles. The van der Waals surface area contributed by atoms with Crippen LogP contribution in [0.25, 0.3) is 0 Å². The van der Waals surface area contributed by atoms with E-state index < -0.39 is 0 Å². The van der Waals surface area contributed by atoms with Crippen LogP contribution in [-0.4, -0.2) is 90.2 Å². The van der Waals surface area contributed by atoms with Crippen molar-refractivity contribution < 1.29 is 23.7 Å². The lowest BCUT2D eigenvalue weighted by atomic mass is 9.93. The predicted octanol–water partition coefficient (Wildman–Crippen LogP) is 2.64. The molecule has 0 aromatic carbocycles. The summed E-state index contributed by atoms with van der Waals surface area (Å²) in [6.07, 6.45) is 2.13. The first-order chi connectivity index (χ1) is 14.7. The largest absolute Gasteiger partial charge is 0.379 e. The van der Waals surface area contributed by atoms with Crippen LogP contribution < -0.4 is 11.0 Å². The van der Waals surface area contributed by atoms with Crippen LogP contribution >= 0.6 is 0 Å². The van der Waals surface area contributed by atoms with Crippen LogP contribution in [-0.2, 0) is 23.7 Å². The van der Waals surface area contributed by atoms with E-state index >= 15 is 0 Å². The molecule has 1 saturated heterocycles. The van der Waals surface area contributed by atoms with Gasteiger partial charge in [0.15, 0.2) is 0 Å². The minimum atomic E-state index is 0.274. The SMILES string of the molecule is CC(C)(C)CCOCCOCCOCCN1CC(COCCOCCC(C)(C)C)NN1. The molecule has 8 nitrogen and oxygen atoms in total. The zero-order chi connectivity index (χ0) is 23.0. The van der Waals surface area contributed by atoms with Crippen LogP contribution in [0.2, 0.25) is 0 Å². The highest BCUT2D eigenvalue weighted by molar-refractivity contribution is 4.73. The van der Waals surface area contributed by atoms with Gasteiger partial charge in [0, 0.05) is 26.3 Å². The first-order valence-electron chi connectivity index (χ1n) is 11.8. The molecule has 1 unspecified atom stereocenters. The molecular formula is C23H49N3O5. The summed E-state index contributed by atoms with van der Waals surface area (Å²) in [5.74, 6) is 0. The summed E-state index contributed by atoms with van der Waals surface area (Å²) in [4.78, 5) is 0. The lowest BCUT2D eigenvalue weighted by Gasteiger charge is -2.17. The van der Waals surface area contributed by atoms with Gasteiger partial charge >= 0.3 is 0 Å². The van der Waals surface area contributed by atoms with Crippen LogP contribution in [0.4, 0.5) is 0 Å². The summed E-state index contributed by atoms with van der Waals surface area (Å²) < 4.78 is 28.1. The lowest BCUT2D eigenvalue weighted by molar-refractivity contribution is 0.00564.